The summed E-state index contributed by atoms with van der Waals surface area (Å²) in [5.74, 6) is 0.471. The highest BCUT2D eigenvalue weighted by atomic mass is 32.2. The molecular formula is C16H32NO5PS. The molecule has 1 unspecified atom stereocenters. The number of amides is 1. The summed E-state index contributed by atoms with van der Waals surface area (Å²) in [6.45, 7) is 8.51. The van der Waals surface area contributed by atoms with Gasteiger partial charge < -0.3 is 15.1 Å². The van der Waals surface area contributed by atoms with Crippen molar-refractivity contribution in [3.63, 3.8) is 0 Å². The van der Waals surface area contributed by atoms with Crippen molar-refractivity contribution in [2.24, 2.45) is 11.8 Å². The van der Waals surface area contributed by atoms with Gasteiger partial charge in [-0.3, -0.25) is 14.2 Å². The fourth-order valence-corrected chi connectivity index (χ4v) is 4.21. The first-order valence-corrected chi connectivity index (χ1v) is 11.3. The lowest BCUT2D eigenvalue weighted by Gasteiger charge is -2.17. The zero-order chi connectivity index (χ0) is 18.8. The van der Waals surface area contributed by atoms with Crippen LogP contribution in [0.3, 0.4) is 0 Å². The molecule has 0 aliphatic carbocycles. The Morgan fingerprint density at radius 3 is 2.25 bits per heavy atom. The van der Waals surface area contributed by atoms with E-state index in [0.717, 1.165) is 24.6 Å². The first-order valence-electron chi connectivity index (χ1n) is 8.46. The van der Waals surface area contributed by atoms with Gasteiger partial charge in [-0.2, -0.15) is 0 Å². The Labute approximate surface area is 149 Å². The molecule has 1 atom stereocenters. The van der Waals surface area contributed by atoms with Crippen molar-refractivity contribution in [3.05, 3.63) is 0 Å². The molecule has 1 amide bonds. The van der Waals surface area contributed by atoms with E-state index in [0.29, 0.717) is 18.9 Å². The third-order valence-electron chi connectivity index (χ3n) is 3.53. The Morgan fingerprint density at radius 2 is 1.75 bits per heavy atom. The molecule has 0 spiro atoms. The highest BCUT2D eigenvalue weighted by Gasteiger charge is 2.22. The first-order chi connectivity index (χ1) is 11.0. The number of nitrogens with one attached hydrogen (secondary N) is 1. The largest absolute Gasteiger partial charge is 0.356 e. The van der Waals surface area contributed by atoms with Gasteiger partial charge >= 0.3 is 7.60 Å². The smallest absolute Gasteiger partial charge is 0.335 e. The molecule has 0 aliphatic heterocycles. The lowest BCUT2D eigenvalue weighted by Crippen LogP contribution is -2.26. The summed E-state index contributed by atoms with van der Waals surface area (Å²) in [6, 6.07) is 0. The van der Waals surface area contributed by atoms with Crippen molar-refractivity contribution >= 4 is 31.0 Å². The van der Waals surface area contributed by atoms with Crippen LogP contribution in [0.5, 0.6) is 0 Å². The van der Waals surface area contributed by atoms with Crippen LogP contribution in [-0.4, -0.2) is 38.8 Å². The average Bonchev–Trinajstić information content (AvgIpc) is 2.45. The molecule has 0 aliphatic rings. The summed E-state index contributed by atoms with van der Waals surface area (Å²) in [7, 11) is -4.11. The summed E-state index contributed by atoms with van der Waals surface area (Å²) in [5.41, 5.74) is -0.320. The van der Waals surface area contributed by atoms with Gasteiger partial charge in [0.05, 0.1) is 5.49 Å². The maximum Gasteiger partial charge on any atom is 0.335 e. The van der Waals surface area contributed by atoms with E-state index < -0.39 is 7.60 Å². The van der Waals surface area contributed by atoms with Gasteiger partial charge in [0, 0.05) is 30.6 Å². The molecule has 6 nitrogen and oxygen atoms in total. The Balaban J connectivity index is 4.30. The SMILES string of the molecule is CC(C)CCCNC(=O)CCC(CC(=O)C(C)C)SCP(=O)(O)O. The second kappa shape index (κ2) is 12.1. The Kier molecular flexibility index (Phi) is 11.9. The zero-order valence-electron chi connectivity index (χ0n) is 15.2. The second-order valence-electron chi connectivity index (χ2n) is 6.83. The number of rotatable bonds is 13. The number of thioether (sulfide) groups is 1. The van der Waals surface area contributed by atoms with Crippen LogP contribution in [0.4, 0.5) is 0 Å². The molecule has 0 saturated carbocycles. The van der Waals surface area contributed by atoms with E-state index in [1.165, 1.54) is 0 Å². The standard InChI is InChI=1S/C16H32NO5PS/c1-12(2)6-5-9-17-16(19)8-7-14(10-15(18)13(3)4)24-11-23(20,21)22/h12-14H,5-11H2,1-4H3,(H,17,19)(H2,20,21,22). The van der Waals surface area contributed by atoms with Crippen molar-refractivity contribution in [1.29, 1.82) is 0 Å². The van der Waals surface area contributed by atoms with Crippen LogP contribution in [0.15, 0.2) is 0 Å². The van der Waals surface area contributed by atoms with Gasteiger partial charge in [0.2, 0.25) is 5.91 Å². The summed E-state index contributed by atoms with van der Waals surface area (Å²) in [5, 5.41) is 2.61. The van der Waals surface area contributed by atoms with E-state index in [1.54, 1.807) is 13.8 Å². The molecule has 0 aromatic rings. The highest BCUT2D eigenvalue weighted by molar-refractivity contribution is 8.04. The maximum atomic E-state index is 11.9. The predicted molar refractivity (Wildman–Crippen MR) is 99.1 cm³/mol. The summed E-state index contributed by atoms with van der Waals surface area (Å²) >= 11 is 1.08. The Hall–Kier alpha value is -0.360. The predicted octanol–water partition coefficient (Wildman–Crippen LogP) is 3.17. The van der Waals surface area contributed by atoms with Gasteiger partial charge in [-0.1, -0.05) is 27.7 Å². The minimum atomic E-state index is -4.11. The number of hydrogen-bond acceptors (Lipinski definition) is 4. The quantitative estimate of drug-likeness (QED) is 0.334. The van der Waals surface area contributed by atoms with Crippen LogP contribution in [0.1, 0.15) is 59.8 Å². The number of carbonyl (C=O) groups is 2. The van der Waals surface area contributed by atoms with Gasteiger partial charge in [-0.05, 0) is 25.2 Å². The van der Waals surface area contributed by atoms with Gasteiger partial charge in [0.1, 0.15) is 5.78 Å². The molecule has 0 aromatic carbocycles. The monoisotopic (exact) mass is 381 g/mol. The highest BCUT2D eigenvalue weighted by Crippen LogP contribution is 2.41. The fraction of sp³-hybridized carbons (Fsp3) is 0.875. The molecule has 8 heteroatoms. The molecule has 0 rings (SSSR count). The van der Waals surface area contributed by atoms with Crippen LogP contribution in [-0.2, 0) is 14.2 Å². The van der Waals surface area contributed by atoms with Crippen LogP contribution < -0.4 is 5.32 Å². The van der Waals surface area contributed by atoms with Crippen molar-refractivity contribution in [1.82, 2.24) is 5.32 Å². The van der Waals surface area contributed by atoms with Crippen molar-refractivity contribution in [2.75, 3.05) is 12.0 Å². The third-order valence-corrected chi connectivity index (χ3v) is 6.34. The number of carbonyl (C=O) groups excluding carboxylic acids is 2. The number of ketones is 1. The van der Waals surface area contributed by atoms with Crippen LogP contribution in [0.2, 0.25) is 0 Å². The van der Waals surface area contributed by atoms with E-state index in [1.807, 2.05) is 0 Å². The van der Waals surface area contributed by atoms with Crippen molar-refractivity contribution in [3.8, 4) is 0 Å². The van der Waals surface area contributed by atoms with E-state index in [-0.39, 0.29) is 41.2 Å². The first kappa shape index (κ1) is 23.6. The molecule has 0 radical (unpaired) electrons. The lowest BCUT2D eigenvalue weighted by atomic mass is 10.0. The van der Waals surface area contributed by atoms with E-state index in [9.17, 15) is 14.2 Å². The molecular weight excluding hydrogens is 349 g/mol. The molecule has 0 saturated heterocycles. The van der Waals surface area contributed by atoms with Gasteiger partial charge in [-0.25, -0.2) is 0 Å². The van der Waals surface area contributed by atoms with Crippen molar-refractivity contribution in [2.45, 2.75) is 65.0 Å². The van der Waals surface area contributed by atoms with Gasteiger partial charge in [-0.15, -0.1) is 11.8 Å². The van der Waals surface area contributed by atoms with E-state index in [4.69, 9.17) is 9.79 Å². The van der Waals surface area contributed by atoms with Crippen LogP contribution in [0, 0.1) is 11.8 Å². The maximum absolute atomic E-state index is 11.9. The summed E-state index contributed by atoms with van der Waals surface area (Å²) in [4.78, 5) is 41.7. The van der Waals surface area contributed by atoms with Gasteiger partial charge in [0.25, 0.3) is 0 Å². The normalized spacial score (nSPS) is 13.3. The van der Waals surface area contributed by atoms with Crippen molar-refractivity contribution < 1.29 is 23.9 Å². The topological polar surface area (TPSA) is 104 Å². The number of hydrogen-bond donors (Lipinski definition) is 3. The number of Topliss-reactive ketones (excluding diaryl/α,β-unsaturated/α-hetero) is 1. The zero-order valence-corrected chi connectivity index (χ0v) is 16.9. The molecule has 0 heterocycles. The fourth-order valence-electron chi connectivity index (χ4n) is 2.03. The molecule has 0 aromatic heterocycles. The van der Waals surface area contributed by atoms with Crippen LogP contribution in [0.25, 0.3) is 0 Å². The Morgan fingerprint density at radius 1 is 1.12 bits per heavy atom. The molecule has 0 bridgehead atoms. The second-order valence-corrected chi connectivity index (χ2v) is 10.2. The lowest BCUT2D eigenvalue weighted by molar-refractivity contribution is -0.123. The van der Waals surface area contributed by atoms with E-state index >= 15 is 0 Å². The third kappa shape index (κ3) is 14.0. The minimum absolute atomic E-state index is 0.0514. The summed E-state index contributed by atoms with van der Waals surface area (Å²) in [6.07, 6.45) is 2.95. The average molecular weight is 381 g/mol. The summed E-state index contributed by atoms with van der Waals surface area (Å²) < 4.78 is 11.0. The van der Waals surface area contributed by atoms with Crippen LogP contribution >= 0.6 is 19.4 Å². The van der Waals surface area contributed by atoms with E-state index in [2.05, 4.69) is 19.2 Å². The minimum Gasteiger partial charge on any atom is -0.356 e. The molecule has 3 N–H and O–H groups in total. The Bertz CT molecular complexity index is 436. The molecule has 24 heavy (non-hydrogen) atoms. The molecule has 0 fully saturated rings. The van der Waals surface area contributed by atoms with Gasteiger partial charge in [0.15, 0.2) is 0 Å². The molecule has 142 valence electrons.